The highest BCUT2D eigenvalue weighted by Gasteiger charge is 2.20. The molecule has 0 spiro atoms. The van der Waals surface area contributed by atoms with Gasteiger partial charge in [-0.2, -0.15) is 0 Å². The van der Waals surface area contributed by atoms with Crippen molar-refractivity contribution >= 4 is 51.7 Å². The number of para-hydroxylation sites is 2. The molecule has 4 aromatic rings. The van der Waals surface area contributed by atoms with E-state index in [1.165, 1.54) is 0 Å². The molecular weight excluding hydrogens is 441 g/mol. The predicted octanol–water partition coefficient (Wildman–Crippen LogP) is 6.54. The van der Waals surface area contributed by atoms with Crippen LogP contribution in [0.4, 0.5) is 0 Å². The van der Waals surface area contributed by atoms with E-state index in [0.29, 0.717) is 27.2 Å². The summed E-state index contributed by atoms with van der Waals surface area (Å²) in [5.74, 6) is 0.471. The topological polar surface area (TPSA) is 46.9 Å². The van der Waals surface area contributed by atoms with Gasteiger partial charge in [-0.1, -0.05) is 65.1 Å². The molecule has 1 amide bonds. The van der Waals surface area contributed by atoms with Crippen LogP contribution in [-0.2, 0) is 6.54 Å². The zero-order valence-electron chi connectivity index (χ0n) is 16.1. The summed E-state index contributed by atoms with van der Waals surface area (Å²) >= 11 is 18.6. The van der Waals surface area contributed by atoms with E-state index in [4.69, 9.17) is 39.8 Å². The van der Waals surface area contributed by atoms with Gasteiger partial charge in [0.1, 0.15) is 5.82 Å². The maximum atomic E-state index is 12.8. The quantitative estimate of drug-likeness (QED) is 0.369. The number of fused-ring (bicyclic) bond motifs is 1. The maximum absolute atomic E-state index is 12.8. The van der Waals surface area contributed by atoms with Gasteiger partial charge >= 0.3 is 0 Å². The molecule has 1 atom stereocenters. The highest BCUT2D eigenvalue weighted by atomic mass is 35.5. The van der Waals surface area contributed by atoms with Crippen LogP contribution in [0.1, 0.15) is 34.7 Å². The van der Waals surface area contributed by atoms with E-state index in [2.05, 4.69) is 9.88 Å². The fourth-order valence-electron chi connectivity index (χ4n) is 3.40. The summed E-state index contributed by atoms with van der Waals surface area (Å²) in [4.78, 5) is 17.5. The molecular formula is C23H18Cl3N3O. The number of benzene rings is 3. The first-order chi connectivity index (χ1) is 14.4. The van der Waals surface area contributed by atoms with E-state index in [1.54, 1.807) is 30.3 Å². The Bertz CT molecular complexity index is 1240. The number of aromatic nitrogens is 2. The molecule has 0 bridgehead atoms. The van der Waals surface area contributed by atoms with Crippen LogP contribution in [0, 0.1) is 0 Å². The van der Waals surface area contributed by atoms with Gasteiger partial charge < -0.3 is 9.88 Å². The van der Waals surface area contributed by atoms with Crippen molar-refractivity contribution in [1.82, 2.24) is 14.9 Å². The largest absolute Gasteiger partial charge is 0.342 e. The van der Waals surface area contributed by atoms with Crippen LogP contribution in [0.2, 0.25) is 15.1 Å². The number of carbonyl (C=O) groups excluding carboxylic acids is 1. The molecule has 0 aliphatic rings. The Balaban J connectivity index is 1.70. The van der Waals surface area contributed by atoms with Crippen molar-refractivity contribution < 1.29 is 4.79 Å². The minimum Gasteiger partial charge on any atom is -0.342 e. The number of hydrogen-bond acceptors (Lipinski definition) is 2. The lowest BCUT2D eigenvalue weighted by Gasteiger charge is -2.17. The molecule has 0 saturated carbocycles. The molecule has 1 aromatic heterocycles. The van der Waals surface area contributed by atoms with E-state index in [-0.39, 0.29) is 11.9 Å². The summed E-state index contributed by atoms with van der Waals surface area (Å²) in [5.41, 5.74) is 3.14. The zero-order chi connectivity index (χ0) is 21.3. The van der Waals surface area contributed by atoms with Crippen LogP contribution in [-0.4, -0.2) is 15.5 Å². The highest BCUT2D eigenvalue weighted by molar-refractivity contribution is 6.35. The van der Waals surface area contributed by atoms with E-state index in [9.17, 15) is 4.79 Å². The Kier molecular flexibility index (Phi) is 6.00. The molecule has 152 valence electrons. The van der Waals surface area contributed by atoms with E-state index < -0.39 is 0 Å². The first kappa shape index (κ1) is 20.7. The second kappa shape index (κ2) is 8.68. The molecule has 30 heavy (non-hydrogen) atoms. The third-order valence-corrected chi connectivity index (χ3v) is 5.80. The average Bonchev–Trinajstić information content (AvgIpc) is 3.09. The van der Waals surface area contributed by atoms with Gasteiger partial charge in [0.05, 0.1) is 34.2 Å². The summed E-state index contributed by atoms with van der Waals surface area (Å²) < 4.78 is 2.06. The number of imidazole rings is 1. The lowest BCUT2D eigenvalue weighted by molar-refractivity contribution is 0.0938. The maximum Gasteiger partial charge on any atom is 0.253 e. The molecule has 0 aliphatic carbocycles. The third kappa shape index (κ3) is 4.17. The Labute approximate surface area is 189 Å². The molecule has 0 aliphatic heterocycles. The van der Waals surface area contributed by atoms with Crippen molar-refractivity contribution in [3.05, 3.63) is 98.7 Å². The summed E-state index contributed by atoms with van der Waals surface area (Å²) in [6.45, 7) is 2.40. The Morgan fingerprint density at radius 3 is 2.50 bits per heavy atom. The molecule has 3 aromatic carbocycles. The Hall–Kier alpha value is -2.53. The van der Waals surface area contributed by atoms with Gasteiger partial charge in [-0.3, -0.25) is 4.79 Å². The molecule has 7 heteroatoms. The van der Waals surface area contributed by atoms with Crippen molar-refractivity contribution in [2.24, 2.45) is 0 Å². The second-order valence-electron chi connectivity index (χ2n) is 6.96. The molecule has 4 nitrogen and oxygen atoms in total. The van der Waals surface area contributed by atoms with Gasteiger partial charge in [0.2, 0.25) is 0 Å². The lowest BCUT2D eigenvalue weighted by Crippen LogP contribution is -2.29. The monoisotopic (exact) mass is 457 g/mol. The molecule has 0 fully saturated rings. The van der Waals surface area contributed by atoms with Crippen LogP contribution in [0.5, 0.6) is 0 Å². The molecule has 1 unspecified atom stereocenters. The third-order valence-electron chi connectivity index (χ3n) is 4.88. The van der Waals surface area contributed by atoms with E-state index in [1.807, 2.05) is 43.3 Å². The van der Waals surface area contributed by atoms with Gasteiger partial charge in [0, 0.05) is 10.0 Å². The number of halogens is 3. The van der Waals surface area contributed by atoms with Crippen LogP contribution >= 0.6 is 34.8 Å². The van der Waals surface area contributed by atoms with Crippen molar-refractivity contribution in [3.63, 3.8) is 0 Å². The van der Waals surface area contributed by atoms with Crippen molar-refractivity contribution in [2.45, 2.75) is 19.5 Å². The second-order valence-corrected chi connectivity index (χ2v) is 8.21. The van der Waals surface area contributed by atoms with Gasteiger partial charge in [0.25, 0.3) is 5.91 Å². The van der Waals surface area contributed by atoms with E-state index in [0.717, 1.165) is 22.4 Å². The van der Waals surface area contributed by atoms with Gasteiger partial charge in [-0.15, -0.1) is 0 Å². The summed E-state index contributed by atoms with van der Waals surface area (Å²) in [7, 11) is 0. The molecule has 4 rings (SSSR count). The first-order valence-electron chi connectivity index (χ1n) is 9.38. The van der Waals surface area contributed by atoms with Crippen molar-refractivity contribution in [2.75, 3.05) is 0 Å². The summed E-state index contributed by atoms with van der Waals surface area (Å²) in [5, 5.41) is 4.58. The predicted molar refractivity (Wildman–Crippen MR) is 123 cm³/mol. The van der Waals surface area contributed by atoms with Gasteiger partial charge in [-0.05, 0) is 48.9 Å². The summed E-state index contributed by atoms with van der Waals surface area (Å²) in [6, 6.07) is 19.9. The molecule has 0 saturated heterocycles. The van der Waals surface area contributed by atoms with Crippen molar-refractivity contribution in [3.8, 4) is 0 Å². The van der Waals surface area contributed by atoms with Crippen molar-refractivity contribution in [1.29, 1.82) is 0 Å². The Morgan fingerprint density at radius 1 is 1.00 bits per heavy atom. The SMILES string of the molecule is CC(NC(=O)c1ccccc1Cl)c1nc2ccccc2n1Cc1ccc(Cl)cc1Cl. The standard InChI is InChI=1S/C23H18Cl3N3O/c1-14(27-23(30)17-6-2-3-7-18(17)25)22-28-20-8-4-5-9-21(20)29(22)13-15-10-11-16(24)12-19(15)26/h2-12,14H,13H2,1H3,(H,27,30). The Morgan fingerprint density at radius 2 is 1.73 bits per heavy atom. The highest BCUT2D eigenvalue weighted by Crippen LogP contribution is 2.27. The number of nitrogens with one attached hydrogen (secondary N) is 1. The molecule has 1 N–H and O–H groups in total. The minimum atomic E-state index is -0.354. The number of carbonyl (C=O) groups is 1. The fourth-order valence-corrected chi connectivity index (χ4v) is 4.09. The smallest absolute Gasteiger partial charge is 0.253 e. The van der Waals surface area contributed by atoms with Crippen LogP contribution < -0.4 is 5.32 Å². The normalized spacial score (nSPS) is 12.1. The number of rotatable bonds is 5. The minimum absolute atomic E-state index is 0.253. The zero-order valence-corrected chi connectivity index (χ0v) is 18.3. The average molecular weight is 459 g/mol. The van der Waals surface area contributed by atoms with E-state index >= 15 is 0 Å². The van der Waals surface area contributed by atoms with Crippen LogP contribution in [0.3, 0.4) is 0 Å². The first-order valence-corrected chi connectivity index (χ1v) is 10.5. The molecule has 0 radical (unpaired) electrons. The van der Waals surface area contributed by atoms with Crippen LogP contribution in [0.15, 0.2) is 66.7 Å². The van der Waals surface area contributed by atoms with Gasteiger partial charge in [0.15, 0.2) is 0 Å². The summed E-state index contributed by atoms with van der Waals surface area (Å²) in [6.07, 6.45) is 0. The fraction of sp³-hybridized carbons (Fsp3) is 0.130. The lowest BCUT2D eigenvalue weighted by atomic mass is 10.2. The number of nitrogens with zero attached hydrogens (tertiary/aromatic N) is 2. The number of amides is 1. The molecule has 1 heterocycles. The number of hydrogen-bond donors (Lipinski definition) is 1. The van der Waals surface area contributed by atoms with Crippen LogP contribution in [0.25, 0.3) is 11.0 Å². The van der Waals surface area contributed by atoms with Gasteiger partial charge in [-0.25, -0.2) is 4.98 Å².